The Labute approximate surface area is 122 Å². The van der Waals surface area contributed by atoms with Crippen LogP contribution in [-0.4, -0.2) is 18.7 Å². The Morgan fingerprint density at radius 1 is 1.14 bits per heavy atom. The molecule has 0 unspecified atom stereocenters. The lowest BCUT2D eigenvalue weighted by Crippen LogP contribution is -2.20. The SMILES string of the molecule is COc1ccccc1C(=O)NN=C(C)c1ccc(F)cc1. The van der Waals surface area contributed by atoms with Gasteiger partial charge in [-0.25, -0.2) is 9.82 Å². The quantitative estimate of drug-likeness (QED) is 0.694. The molecule has 0 aliphatic rings. The third-order valence-corrected chi connectivity index (χ3v) is 2.94. The number of halogens is 1. The molecule has 5 heteroatoms. The predicted octanol–water partition coefficient (Wildman–Crippen LogP) is 2.99. The first-order chi connectivity index (χ1) is 10.1. The number of nitrogens with one attached hydrogen (secondary N) is 1. The molecule has 0 atom stereocenters. The Kier molecular flexibility index (Phi) is 4.66. The maximum atomic E-state index is 12.8. The Bertz CT molecular complexity index is 666. The number of amides is 1. The third kappa shape index (κ3) is 3.66. The maximum Gasteiger partial charge on any atom is 0.275 e. The Morgan fingerprint density at radius 2 is 1.81 bits per heavy atom. The molecule has 108 valence electrons. The molecule has 0 saturated heterocycles. The molecule has 4 nitrogen and oxygen atoms in total. The van der Waals surface area contributed by atoms with E-state index in [9.17, 15) is 9.18 Å². The molecule has 0 bridgehead atoms. The normalized spacial score (nSPS) is 11.1. The minimum atomic E-state index is -0.367. The van der Waals surface area contributed by atoms with Crippen LogP contribution >= 0.6 is 0 Å². The van der Waals surface area contributed by atoms with Crippen molar-refractivity contribution in [2.24, 2.45) is 5.10 Å². The lowest BCUT2D eigenvalue weighted by atomic mass is 10.1. The van der Waals surface area contributed by atoms with Crippen LogP contribution in [0.25, 0.3) is 0 Å². The van der Waals surface area contributed by atoms with Crippen LogP contribution in [-0.2, 0) is 0 Å². The van der Waals surface area contributed by atoms with E-state index >= 15 is 0 Å². The van der Waals surface area contributed by atoms with Crippen molar-refractivity contribution >= 4 is 11.6 Å². The standard InChI is InChI=1S/C16H15FN2O2/c1-11(12-7-9-13(17)10-8-12)18-19-16(20)14-5-3-4-6-15(14)21-2/h3-10H,1-2H3,(H,19,20). The number of hydrogen-bond donors (Lipinski definition) is 1. The van der Waals surface area contributed by atoms with Crippen molar-refractivity contribution in [2.45, 2.75) is 6.92 Å². The zero-order chi connectivity index (χ0) is 15.2. The van der Waals surface area contributed by atoms with Crippen molar-refractivity contribution in [3.63, 3.8) is 0 Å². The predicted molar refractivity (Wildman–Crippen MR) is 79.1 cm³/mol. The highest BCUT2D eigenvalue weighted by Crippen LogP contribution is 2.16. The van der Waals surface area contributed by atoms with Gasteiger partial charge in [-0.15, -0.1) is 0 Å². The molecule has 1 N–H and O–H groups in total. The maximum absolute atomic E-state index is 12.8. The number of methoxy groups -OCH3 is 1. The molecule has 2 rings (SSSR count). The van der Waals surface area contributed by atoms with E-state index in [1.165, 1.54) is 19.2 Å². The van der Waals surface area contributed by atoms with Crippen LogP contribution in [0.3, 0.4) is 0 Å². The second-order valence-electron chi connectivity index (χ2n) is 4.35. The van der Waals surface area contributed by atoms with E-state index in [1.54, 1.807) is 43.3 Å². The van der Waals surface area contributed by atoms with Gasteiger partial charge in [0.25, 0.3) is 5.91 Å². The molecule has 0 heterocycles. The highest BCUT2D eigenvalue weighted by Gasteiger charge is 2.10. The van der Waals surface area contributed by atoms with Gasteiger partial charge < -0.3 is 4.74 Å². The fourth-order valence-electron chi connectivity index (χ4n) is 1.78. The Balaban J connectivity index is 2.12. The topological polar surface area (TPSA) is 50.7 Å². The molecule has 0 spiro atoms. The van der Waals surface area contributed by atoms with Gasteiger partial charge in [-0.1, -0.05) is 24.3 Å². The molecule has 1 amide bonds. The van der Waals surface area contributed by atoms with Crippen molar-refractivity contribution in [1.82, 2.24) is 5.43 Å². The van der Waals surface area contributed by atoms with Gasteiger partial charge in [0.15, 0.2) is 0 Å². The number of nitrogens with zero attached hydrogens (tertiary/aromatic N) is 1. The molecule has 2 aromatic carbocycles. The summed E-state index contributed by atoms with van der Waals surface area (Å²) in [6, 6.07) is 12.8. The van der Waals surface area contributed by atoms with E-state index < -0.39 is 0 Å². The van der Waals surface area contributed by atoms with E-state index in [2.05, 4.69) is 10.5 Å². The summed E-state index contributed by atoms with van der Waals surface area (Å²) < 4.78 is 18.0. The lowest BCUT2D eigenvalue weighted by molar-refractivity contribution is 0.0952. The van der Waals surface area contributed by atoms with Gasteiger partial charge >= 0.3 is 0 Å². The lowest BCUT2D eigenvalue weighted by Gasteiger charge is -2.07. The van der Waals surface area contributed by atoms with Crippen molar-refractivity contribution in [3.05, 3.63) is 65.5 Å². The van der Waals surface area contributed by atoms with E-state index in [1.807, 2.05) is 0 Å². The van der Waals surface area contributed by atoms with Crippen LogP contribution in [0.15, 0.2) is 53.6 Å². The van der Waals surface area contributed by atoms with Crippen LogP contribution < -0.4 is 10.2 Å². The van der Waals surface area contributed by atoms with Crippen molar-refractivity contribution < 1.29 is 13.9 Å². The van der Waals surface area contributed by atoms with Gasteiger partial charge in [0, 0.05) is 0 Å². The molecular formula is C16H15FN2O2. The fourth-order valence-corrected chi connectivity index (χ4v) is 1.78. The molecular weight excluding hydrogens is 271 g/mol. The van der Waals surface area contributed by atoms with Crippen molar-refractivity contribution in [2.75, 3.05) is 7.11 Å². The smallest absolute Gasteiger partial charge is 0.275 e. The van der Waals surface area contributed by atoms with Gasteiger partial charge in [0.2, 0.25) is 0 Å². The number of ether oxygens (including phenoxy) is 1. The number of rotatable bonds is 4. The third-order valence-electron chi connectivity index (χ3n) is 2.94. The summed E-state index contributed by atoms with van der Waals surface area (Å²) >= 11 is 0. The number of benzene rings is 2. The Hall–Kier alpha value is -2.69. The van der Waals surface area contributed by atoms with Gasteiger partial charge in [0.1, 0.15) is 11.6 Å². The number of hydrazone groups is 1. The molecule has 2 aromatic rings. The summed E-state index contributed by atoms with van der Waals surface area (Å²) in [5.74, 6) is -0.205. The zero-order valence-corrected chi connectivity index (χ0v) is 11.8. The van der Waals surface area contributed by atoms with Crippen LogP contribution in [0.5, 0.6) is 5.75 Å². The van der Waals surface area contributed by atoms with Gasteiger partial charge in [-0.3, -0.25) is 4.79 Å². The molecule has 0 aliphatic heterocycles. The summed E-state index contributed by atoms with van der Waals surface area (Å²) in [6.45, 7) is 1.73. The largest absolute Gasteiger partial charge is 0.496 e. The van der Waals surface area contributed by atoms with E-state index in [-0.39, 0.29) is 11.7 Å². The number of carbonyl (C=O) groups excluding carboxylic acids is 1. The second-order valence-corrected chi connectivity index (χ2v) is 4.35. The first-order valence-corrected chi connectivity index (χ1v) is 6.35. The molecule has 0 saturated carbocycles. The highest BCUT2D eigenvalue weighted by atomic mass is 19.1. The van der Waals surface area contributed by atoms with Crippen molar-refractivity contribution in [3.8, 4) is 5.75 Å². The molecule has 0 fully saturated rings. The first-order valence-electron chi connectivity index (χ1n) is 6.35. The zero-order valence-electron chi connectivity index (χ0n) is 11.8. The molecule has 21 heavy (non-hydrogen) atoms. The van der Waals surface area contributed by atoms with Crippen LogP contribution in [0, 0.1) is 5.82 Å². The average molecular weight is 286 g/mol. The van der Waals surface area contributed by atoms with E-state index in [0.29, 0.717) is 17.0 Å². The van der Waals surface area contributed by atoms with Crippen LogP contribution in [0.4, 0.5) is 4.39 Å². The van der Waals surface area contributed by atoms with E-state index in [0.717, 1.165) is 5.56 Å². The summed E-state index contributed by atoms with van der Waals surface area (Å²) in [5.41, 5.74) is 4.18. The highest BCUT2D eigenvalue weighted by molar-refractivity contribution is 6.01. The molecule has 0 radical (unpaired) electrons. The van der Waals surface area contributed by atoms with Gasteiger partial charge in [-0.05, 0) is 36.8 Å². The van der Waals surface area contributed by atoms with Crippen LogP contribution in [0.1, 0.15) is 22.8 Å². The monoisotopic (exact) mass is 286 g/mol. The minimum absolute atomic E-state index is 0.315. The number of hydrogen-bond acceptors (Lipinski definition) is 3. The molecule has 0 aromatic heterocycles. The summed E-state index contributed by atoms with van der Waals surface area (Å²) in [4.78, 5) is 12.1. The summed E-state index contributed by atoms with van der Waals surface area (Å²) in [6.07, 6.45) is 0. The van der Waals surface area contributed by atoms with Crippen molar-refractivity contribution in [1.29, 1.82) is 0 Å². The number of carbonyl (C=O) groups is 1. The molecule has 0 aliphatic carbocycles. The second kappa shape index (κ2) is 6.65. The van der Waals surface area contributed by atoms with Crippen LogP contribution in [0.2, 0.25) is 0 Å². The first kappa shape index (κ1) is 14.7. The average Bonchev–Trinajstić information content (AvgIpc) is 2.52. The van der Waals surface area contributed by atoms with Gasteiger partial charge in [0.05, 0.1) is 18.4 Å². The summed E-state index contributed by atoms with van der Waals surface area (Å²) in [7, 11) is 1.50. The Morgan fingerprint density at radius 3 is 2.48 bits per heavy atom. The number of para-hydroxylation sites is 1. The fraction of sp³-hybridized carbons (Fsp3) is 0.125. The van der Waals surface area contributed by atoms with E-state index in [4.69, 9.17) is 4.74 Å². The van der Waals surface area contributed by atoms with Gasteiger partial charge in [-0.2, -0.15) is 5.10 Å². The minimum Gasteiger partial charge on any atom is -0.496 e. The summed E-state index contributed by atoms with van der Waals surface area (Å²) in [5, 5.41) is 4.01.